The second kappa shape index (κ2) is 9.47. The van der Waals surface area contributed by atoms with Crippen molar-refractivity contribution in [3.8, 4) is 11.5 Å². The van der Waals surface area contributed by atoms with Gasteiger partial charge in [-0.25, -0.2) is 0 Å². The molecular formula is C18H25N3O4S. The van der Waals surface area contributed by atoms with Crippen molar-refractivity contribution in [3.05, 3.63) is 30.1 Å². The molecule has 0 aliphatic rings. The average Bonchev–Trinajstić information content (AvgIpc) is 2.97. The van der Waals surface area contributed by atoms with Gasteiger partial charge in [0.05, 0.1) is 13.7 Å². The first-order valence-electron chi connectivity index (χ1n) is 8.44. The monoisotopic (exact) mass is 379 g/mol. The van der Waals surface area contributed by atoms with E-state index in [2.05, 4.69) is 10.2 Å². The Hall–Kier alpha value is -2.22. The predicted molar refractivity (Wildman–Crippen MR) is 99.4 cm³/mol. The first kappa shape index (κ1) is 20.1. The minimum atomic E-state index is -0.329. The number of thioether (sulfide) groups is 1. The first-order chi connectivity index (χ1) is 12.5. The van der Waals surface area contributed by atoms with E-state index in [4.69, 9.17) is 14.2 Å². The summed E-state index contributed by atoms with van der Waals surface area (Å²) < 4.78 is 17.9. The molecule has 0 spiro atoms. The summed E-state index contributed by atoms with van der Waals surface area (Å²) >= 11 is 1.36. The Kier molecular flexibility index (Phi) is 7.32. The average molecular weight is 379 g/mol. The van der Waals surface area contributed by atoms with E-state index in [0.717, 1.165) is 5.75 Å². The van der Waals surface area contributed by atoms with Gasteiger partial charge in [0, 0.05) is 13.1 Å². The van der Waals surface area contributed by atoms with E-state index in [1.165, 1.54) is 11.8 Å². The van der Waals surface area contributed by atoms with Crippen molar-refractivity contribution in [2.24, 2.45) is 13.0 Å². The summed E-state index contributed by atoms with van der Waals surface area (Å²) in [4.78, 5) is 12.1. The molecule has 0 saturated carbocycles. The Morgan fingerprint density at radius 1 is 1.27 bits per heavy atom. The number of hydrogen-bond acceptors (Lipinski definition) is 7. The zero-order valence-corrected chi connectivity index (χ0v) is 16.6. The topological polar surface area (TPSA) is 75.5 Å². The van der Waals surface area contributed by atoms with Crippen molar-refractivity contribution in [2.75, 3.05) is 13.7 Å². The number of hydrogen-bond donors (Lipinski definition) is 0. The number of carbonyl (C=O) groups is 1. The van der Waals surface area contributed by atoms with E-state index in [1.807, 2.05) is 49.7 Å². The van der Waals surface area contributed by atoms with Gasteiger partial charge in [-0.3, -0.25) is 4.79 Å². The van der Waals surface area contributed by atoms with Gasteiger partial charge in [0.2, 0.25) is 0 Å². The normalized spacial score (nSPS) is 12.1. The number of ether oxygens (including phenoxy) is 3. The van der Waals surface area contributed by atoms with Crippen LogP contribution in [0.25, 0.3) is 0 Å². The summed E-state index contributed by atoms with van der Waals surface area (Å²) in [5.41, 5.74) is 0. The fourth-order valence-electron chi connectivity index (χ4n) is 2.21. The minimum absolute atomic E-state index is 0.118. The van der Waals surface area contributed by atoms with Gasteiger partial charge in [0.25, 0.3) is 0 Å². The van der Waals surface area contributed by atoms with Crippen LogP contribution in [0.4, 0.5) is 0 Å². The highest BCUT2D eigenvalue weighted by Crippen LogP contribution is 2.28. The molecule has 0 aliphatic heterocycles. The van der Waals surface area contributed by atoms with Crippen LogP contribution in [0.2, 0.25) is 0 Å². The Morgan fingerprint density at radius 3 is 2.65 bits per heavy atom. The van der Waals surface area contributed by atoms with Crippen LogP contribution in [0.15, 0.2) is 29.4 Å². The van der Waals surface area contributed by atoms with Crippen LogP contribution in [0.3, 0.4) is 0 Å². The molecule has 0 saturated heterocycles. The Balaban J connectivity index is 2.05. The molecule has 7 nitrogen and oxygen atoms in total. The lowest BCUT2D eigenvalue weighted by atomic mass is 10.1. The maximum atomic E-state index is 12.1. The van der Waals surface area contributed by atoms with Crippen LogP contribution in [-0.4, -0.2) is 39.7 Å². The van der Waals surface area contributed by atoms with Crippen LogP contribution in [0.1, 0.15) is 26.6 Å². The van der Waals surface area contributed by atoms with E-state index in [-0.39, 0.29) is 23.7 Å². The fourth-order valence-corrected chi connectivity index (χ4v) is 3.22. The largest absolute Gasteiger partial charge is 0.497 e. The van der Waals surface area contributed by atoms with Crippen LogP contribution < -0.4 is 9.47 Å². The Labute approximate surface area is 158 Å². The van der Waals surface area contributed by atoms with Gasteiger partial charge < -0.3 is 18.8 Å². The number of rotatable bonds is 9. The van der Waals surface area contributed by atoms with Crippen LogP contribution in [0, 0.1) is 5.92 Å². The van der Waals surface area contributed by atoms with Crippen molar-refractivity contribution in [3.63, 3.8) is 0 Å². The van der Waals surface area contributed by atoms with E-state index in [1.54, 1.807) is 14.0 Å². The second-order valence-corrected chi connectivity index (χ2v) is 7.07. The van der Waals surface area contributed by atoms with Crippen LogP contribution in [-0.2, 0) is 23.2 Å². The zero-order valence-electron chi connectivity index (χ0n) is 15.8. The Bertz CT molecular complexity index is 733. The number of aromatic nitrogens is 3. The van der Waals surface area contributed by atoms with Crippen molar-refractivity contribution in [1.82, 2.24) is 14.8 Å². The van der Waals surface area contributed by atoms with Crippen molar-refractivity contribution in [1.29, 1.82) is 0 Å². The summed E-state index contributed by atoms with van der Waals surface area (Å²) in [5.74, 6) is 1.97. The van der Waals surface area contributed by atoms with E-state index >= 15 is 0 Å². The smallest absolute Gasteiger partial charge is 0.319 e. The quantitative estimate of drug-likeness (QED) is 0.489. The summed E-state index contributed by atoms with van der Waals surface area (Å²) in [6.45, 7) is 6.40. The lowest BCUT2D eigenvalue weighted by molar-refractivity contribution is -0.143. The number of methoxy groups -OCH3 is 1. The first-order valence-corrected chi connectivity index (χ1v) is 9.32. The van der Waals surface area contributed by atoms with Crippen molar-refractivity contribution < 1.29 is 19.0 Å². The molecule has 1 heterocycles. The summed E-state index contributed by atoms with van der Waals surface area (Å²) in [6, 6.07) is 7.37. The molecule has 0 fully saturated rings. The SMILES string of the molecule is CCOC(=O)C(Sc1nnc(COc2cccc(OC)c2)n1C)C(C)C. The standard InChI is InChI=1S/C18H25N3O4S/c1-6-24-17(22)16(12(2)3)26-18-20-19-15(21(18)4)11-25-14-9-7-8-13(10-14)23-5/h7-10,12,16H,6,11H2,1-5H3. The molecule has 0 amide bonds. The molecule has 2 rings (SSSR count). The summed E-state index contributed by atoms with van der Waals surface area (Å²) in [5, 5.41) is 8.69. The van der Waals surface area contributed by atoms with Gasteiger partial charge in [-0.05, 0) is 25.0 Å². The minimum Gasteiger partial charge on any atom is -0.497 e. The molecule has 0 bridgehead atoms. The third-order valence-electron chi connectivity index (χ3n) is 3.69. The van der Waals surface area contributed by atoms with Gasteiger partial charge >= 0.3 is 5.97 Å². The van der Waals surface area contributed by atoms with Gasteiger partial charge in [0.15, 0.2) is 11.0 Å². The number of carbonyl (C=O) groups excluding carboxylic acids is 1. The molecule has 1 unspecified atom stereocenters. The lowest BCUT2D eigenvalue weighted by Gasteiger charge is -2.17. The number of nitrogens with zero attached hydrogens (tertiary/aromatic N) is 3. The molecular weight excluding hydrogens is 354 g/mol. The van der Waals surface area contributed by atoms with Crippen LogP contribution >= 0.6 is 11.8 Å². The van der Waals surface area contributed by atoms with E-state index in [0.29, 0.717) is 23.3 Å². The highest BCUT2D eigenvalue weighted by atomic mass is 32.2. The predicted octanol–water partition coefficient (Wildman–Crippen LogP) is 3.08. The van der Waals surface area contributed by atoms with Gasteiger partial charge in [-0.2, -0.15) is 0 Å². The summed E-state index contributed by atoms with van der Waals surface area (Å²) in [6.07, 6.45) is 0. The van der Waals surface area contributed by atoms with E-state index < -0.39 is 0 Å². The molecule has 1 atom stereocenters. The molecule has 0 aliphatic carbocycles. The number of benzene rings is 1. The fraction of sp³-hybridized carbons (Fsp3) is 0.500. The van der Waals surface area contributed by atoms with Gasteiger partial charge in [-0.15, -0.1) is 10.2 Å². The third kappa shape index (κ3) is 5.14. The van der Waals surface area contributed by atoms with E-state index in [9.17, 15) is 4.79 Å². The Morgan fingerprint density at radius 2 is 2.00 bits per heavy atom. The molecule has 1 aromatic carbocycles. The summed E-state index contributed by atoms with van der Waals surface area (Å²) in [7, 11) is 3.47. The van der Waals surface area contributed by atoms with Crippen molar-refractivity contribution in [2.45, 2.75) is 37.8 Å². The second-order valence-electron chi connectivity index (χ2n) is 5.96. The zero-order chi connectivity index (χ0) is 19.1. The maximum Gasteiger partial charge on any atom is 0.319 e. The molecule has 0 N–H and O–H groups in total. The van der Waals surface area contributed by atoms with Crippen molar-refractivity contribution >= 4 is 17.7 Å². The number of esters is 1. The highest BCUT2D eigenvalue weighted by molar-refractivity contribution is 8.00. The molecule has 0 radical (unpaired) electrons. The molecule has 1 aromatic heterocycles. The third-order valence-corrected chi connectivity index (χ3v) is 5.25. The van der Waals surface area contributed by atoms with Crippen LogP contribution in [0.5, 0.6) is 11.5 Å². The lowest BCUT2D eigenvalue weighted by Crippen LogP contribution is -2.26. The van der Waals surface area contributed by atoms with Gasteiger partial charge in [-0.1, -0.05) is 31.7 Å². The molecule has 142 valence electrons. The molecule has 8 heteroatoms. The van der Waals surface area contributed by atoms with Gasteiger partial charge in [0.1, 0.15) is 23.4 Å². The highest BCUT2D eigenvalue weighted by Gasteiger charge is 2.27. The molecule has 2 aromatic rings. The maximum absolute atomic E-state index is 12.1. The molecule has 26 heavy (non-hydrogen) atoms.